The summed E-state index contributed by atoms with van der Waals surface area (Å²) in [6.07, 6.45) is 3.15. The van der Waals surface area contributed by atoms with Gasteiger partial charge in [-0.05, 0) is 18.9 Å². The number of allylic oxidation sites excluding steroid dienone is 1. The van der Waals surface area contributed by atoms with Crippen molar-refractivity contribution in [2.24, 2.45) is 0 Å². The van der Waals surface area contributed by atoms with Gasteiger partial charge in [0.15, 0.2) is 0 Å². The van der Waals surface area contributed by atoms with Crippen molar-refractivity contribution in [3.63, 3.8) is 0 Å². The van der Waals surface area contributed by atoms with Crippen molar-refractivity contribution in [1.29, 1.82) is 0 Å². The van der Waals surface area contributed by atoms with E-state index >= 15 is 0 Å². The average molecular weight is 103 g/mol. The molecule has 0 unspecified atom stereocenters. The molecule has 0 aromatic rings. The lowest BCUT2D eigenvalue weighted by atomic mass is 10.3. The molecule has 0 spiro atoms. The summed E-state index contributed by atoms with van der Waals surface area (Å²) in [7, 11) is 0. The molecule has 0 aromatic heterocycles. The lowest BCUT2D eigenvalue weighted by Gasteiger charge is -1.80. The number of unbranched alkanes of at least 4 members (excludes halogenated alkanes) is 1. The van der Waals surface area contributed by atoms with Crippen LogP contribution in [-0.4, -0.2) is 6.67 Å². The molecule has 0 bridgehead atoms. The summed E-state index contributed by atoms with van der Waals surface area (Å²) >= 11 is 0. The molecular formula is C5H8FO. The number of halogens is 1. The monoisotopic (exact) mass is 103 g/mol. The van der Waals surface area contributed by atoms with E-state index in [0.717, 1.165) is 0 Å². The van der Waals surface area contributed by atoms with Crippen LogP contribution in [-0.2, 0) is 5.11 Å². The van der Waals surface area contributed by atoms with Crippen LogP contribution < -0.4 is 0 Å². The fourth-order valence-electron chi connectivity index (χ4n) is 0.263. The quantitative estimate of drug-likeness (QED) is 0.382. The summed E-state index contributed by atoms with van der Waals surface area (Å²) in [4.78, 5) is 0. The Hall–Kier alpha value is -0.530. The summed E-state index contributed by atoms with van der Waals surface area (Å²) in [5.74, 6) is 0. The third-order valence-corrected chi connectivity index (χ3v) is 0.601. The van der Waals surface area contributed by atoms with E-state index < -0.39 is 0 Å². The second kappa shape index (κ2) is 5.47. The highest BCUT2D eigenvalue weighted by molar-refractivity contribution is 4.69. The minimum atomic E-state index is -0.329. The molecule has 1 nitrogen and oxygen atoms in total. The van der Waals surface area contributed by atoms with Gasteiger partial charge in [0, 0.05) is 0 Å². The molecule has 7 heavy (non-hydrogen) atoms. The highest BCUT2D eigenvalue weighted by Gasteiger charge is 1.77. The highest BCUT2D eigenvalue weighted by Crippen LogP contribution is 1.88. The molecule has 0 aliphatic rings. The Bertz CT molecular complexity index is 52.0. The molecule has 0 saturated heterocycles. The first-order valence-electron chi connectivity index (χ1n) is 2.24. The van der Waals surface area contributed by atoms with Gasteiger partial charge in [-0.25, -0.2) is 0 Å². The Kier molecular flexibility index (Phi) is 5.06. The molecule has 0 atom stereocenters. The van der Waals surface area contributed by atoms with Crippen LogP contribution in [0.5, 0.6) is 0 Å². The van der Waals surface area contributed by atoms with Crippen molar-refractivity contribution in [2.45, 2.75) is 12.8 Å². The van der Waals surface area contributed by atoms with Crippen LogP contribution in [0.4, 0.5) is 4.39 Å². The molecule has 0 aliphatic carbocycles. The van der Waals surface area contributed by atoms with Crippen LogP contribution in [0.25, 0.3) is 0 Å². The van der Waals surface area contributed by atoms with E-state index in [2.05, 4.69) is 0 Å². The normalized spacial score (nSPS) is 10.4. The average Bonchev–Trinajstić information content (AvgIpc) is 1.69. The Morgan fingerprint density at radius 1 is 1.57 bits per heavy atom. The molecule has 2 heteroatoms. The number of rotatable bonds is 3. The SMILES string of the molecule is [O]C=CCCCF. The second-order valence-corrected chi connectivity index (χ2v) is 1.20. The summed E-state index contributed by atoms with van der Waals surface area (Å²) in [6.45, 7) is -0.329. The van der Waals surface area contributed by atoms with E-state index in [1.807, 2.05) is 0 Å². The Morgan fingerprint density at radius 2 is 2.29 bits per heavy atom. The molecule has 0 saturated carbocycles. The van der Waals surface area contributed by atoms with Gasteiger partial charge in [-0.2, -0.15) is 0 Å². The van der Waals surface area contributed by atoms with Crippen molar-refractivity contribution >= 4 is 0 Å². The molecule has 0 N–H and O–H groups in total. The van der Waals surface area contributed by atoms with Crippen LogP contribution >= 0.6 is 0 Å². The largest absolute Gasteiger partial charge is 0.299 e. The van der Waals surface area contributed by atoms with E-state index in [4.69, 9.17) is 0 Å². The highest BCUT2D eigenvalue weighted by atomic mass is 19.1. The van der Waals surface area contributed by atoms with Crippen molar-refractivity contribution in [3.8, 4) is 0 Å². The molecule has 0 aromatic carbocycles. The Labute approximate surface area is 42.5 Å². The third kappa shape index (κ3) is 5.47. The van der Waals surface area contributed by atoms with Crippen molar-refractivity contribution in [1.82, 2.24) is 0 Å². The van der Waals surface area contributed by atoms with Crippen molar-refractivity contribution < 1.29 is 9.50 Å². The molecule has 41 valence electrons. The molecule has 0 rings (SSSR count). The number of alkyl halides is 1. The van der Waals surface area contributed by atoms with E-state index in [9.17, 15) is 9.50 Å². The number of hydrogen-bond donors (Lipinski definition) is 0. The van der Waals surface area contributed by atoms with Gasteiger partial charge in [0.1, 0.15) is 6.26 Å². The zero-order valence-electron chi connectivity index (χ0n) is 4.06. The summed E-state index contributed by atoms with van der Waals surface area (Å²) in [5, 5.41) is 9.50. The first-order valence-corrected chi connectivity index (χ1v) is 2.24. The zero-order valence-corrected chi connectivity index (χ0v) is 4.06. The molecule has 0 heterocycles. The standard InChI is InChI=1S/C5H8FO/c6-4-2-1-3-5-7/h3,5H,1-2,4H2. The van der Waals surface area contributed by atoms with E-state index in [1.54, 1.807) is 0 Å². The number of hydrogen-bond acceptors (Lipinski definition) is 0. The van der Waals surface area contributed by atoms with Crippen molar-refractivity contribution in [3.05, 3.63) is 12.3 Å². The first kappa shape index (κ1) is 6.47. The predicted molar refractivity (Wildman–Crippen MR) is 25.0 cm³/mol. The van der Waals surface area contributed by atoms with Crippen LogP contribution in [0, 0.1) is 0 Å². The van der Waals surface area contributed by atoms with Gasteiger partial charge >= 0.3 is 0 Å². The van der Waals surface area contributed by atoms with Gasteiger partial charge in [-0.3, -0.25) is 9.50 Å². The topological polar surface area (TPSA) is 19.9 Å². The van der Waals surface area contributed by atoms with Crippen LogP contribution in [0.15, 0.2) is 12.3 Å². The van der Waals surface area contributed by atoms with Gasteiger partial charge in [0.25, 0.3) is 0 Å². The maximum Gasteiger partial charge on any atom is 0.138 e. The summed E-state index contributed by atoms with van der Waals surface area (Å²) in [6, 6.07) is 0. The second-order valence-electron chi connectivity index (χ2n) is 1.20. The van der Waals surface area contributed by atoms with Crippen LogP contribution in [0.2, 0.25) is 0 Å². The van der Waals surface area contributed by atoms with Gasteiger partial charge in [-0.1, -0.05) is 0 Å². The van der Waals surface area contributed by atoms with Crippen LogP contribution in [0.3, 0.4) is 0 Å². The van der Waals surface area contributed by atoms with E-state index in [-0.39, 0.29) is 6.67 Å². The maximum atomic E-state index is 11.2. The Balaban J connectivity index is 2.69. The lowest BCUT2D eigenvalue weighted by Crippen LogP contribution is -1.70. The fourth-order valence-corrected chi connectivity index (χ4v) is 0.263. The summed E-state index contributed by atoms with van der Waals surface area (Å²) in [5.41, 5.74) is 0. The van der Waals surface area contributed by atoms with Gasteiger partial charge in [-0.15, -0.1) is 0 Å². The minimum absolute atomic E-state index is 0.329. The zero-order chi connectivity index (χ0) is 5.54. The molecule has 1 radical (unpaired) electrons. The van der Waals surface area contributed by atoms with Gasteiger partial charge in [0.2, 0.25) is 0 Å². The minimum Gasteiger partial charge on any atom is -0.299 e. The van der Waals surface area contributed by atoms with E-state index in [1.165, 1.54) is 6.08 Å². The molecule has 0 fully saturated rings. The third-order valence-electron chi connectivity index (χ3n) is 0.601. The summed E-state index contributed by atoms with van der Waals surface area (Å²) < 4.78 is 11.2. The molecule has 0 aliphatic heterocycles. The van der Waals surface area contributed by atoms with Gasteiger partial charge in [0.05, 0.1) is 6.67 Å². The lowest BCUT2D eigenvalue weighted by molar-refractivity contribution is 0.349. The maximum absolute atomic E-state index is 11.2. The molecular weight excluding hydrogens is 95.1 g/mol. The van der Waals surface area contributed by atoms with Crippen molar-refractivity contribution in [2.75, 3.05) is 6.67 Å². The fraction of sp³-hybridized carbons (Fsp3) is 0.600. The Morgan fingerprint density at radius 3 is 2.71 bits per heavy atom. The van der Waals surface area contributed by atoms with E-state index in [0.29, 0.717) is 19.1 Å². The predicted octanol–water partition coefficient (Wildman–Crippen LogP) is 1.68. The molecule has 0 amide bonds. The smallest absolute Gasteiger partial charge is 0.138 e. The van der Waals surface area contributed by atoms with Crippen LogP contribution in [0.1, 0.15) is 12.8 Å². The van der Waals surface area contributed by atoms with Gasteiger partial charge < -0.3 is 0 Å². The first-order chi connectivity index (χ1) is 3.41.